The maximum Gasteiger partial charge on any atom is 0.262 e. The van der Waals surface area contributed by atoms with Crippen molar-refractivity contribution in [2.24, 2.45) is 0 Å². The van der Waals surface area contributed by atoms with Crippen LogP contribution in [0.3, 0.4) is 0 Å². The standard InChI is InChI=1S/C22H23ClN4O2S/c1-2-27-20(28)17-14-16(23)8-9-18(17)25-22(27)30-19(15-6-4-3-5-7-15)21(29)26-12-10-24-11-13-26/h3-9,14,19,24H,2,10-13H2,1H3/t19-/m0/s1. The second-order valence-electron chi connectivity index (χ2n) is 7.09. The highest BCUT2D eigenvalue weighted by Crippen LogP contribution is 2.36. The van der Waals surface area contributed by atoms with Crippen LogP contribution < -0.4 is 10.9 Å². The number of thioether (sulfide) groups is 1. The first-order chi connectivity index (χ1) is 14.6. The average molecular weight is 443 g/mol. The van der Waals surface area contributed by atoms with Gasteiger partial charge in [-0.1, -0.05) is 53.7 Å². The number of carbonyl (C=O) groups is 1. The molecule has 30 heavy (non-hydrogen) atoms. The van der Waals surface area contributed by atoms with E-state index in [4.69, 9.17) is 16.6 Å². The quantitative estimate of drug-likeness (QED) is 0.485. The van der Waals surface area contributed by atoms with Crippen LogP contribution in [0.15, 0.2) is 58.5 Å². The maximum absolute atomic E-state index is 13.4. The fourth-order valence-electron chi connectivity index (χ4n) is 3.59. The van der Waals surface area contributed by atoms with Crippen molar-refractivity contribution >= 4 is 40.2 Å². The summed E-state index contributed by atoms with van der Waals surface area (Å²) in [5.74, 6) is 0.0424. The molecule has 0 spiro atoms. The van der Waals surface area contributed by atoms with E-state index in [-0.39, 0.29) is 11.5 Å². The first kappa shape index (κ1) is 20.9. The van der Waals surface area contributed by atoms with Crippen LogP contribution in [0.5, 0.6) is 0 Å². The van der Waals surface area contributed by atoms with E-state index in [0.29, 0.717) is 40.7 Å². The zero-order valence-corrected chi connectivity index (χ0v) is 18.2. The summed E-state index contributed by atoms with van der Waals surface area (Å²) in [6.07, 6.45) is 0. The van der Waals surface area contributed by atoms with E-state index in [1.807, 2.05) is 42.2 Å². The number of hydrogen-bond acceptors (Lipinski definition) is 5. The fourth-order valence-corrected chi connectivity index (χ4v) is 5.00. The van der Waals surface area contributed by atoms with Crippen molar-refractivity contribution in [1.82, 2.24) is 19.8 Å². The lowest BCUT2D eigenvalue weighted by Crippen LogP contribution is -2.47. The molecule has 0 radical (unpaired) electrons. The molecule has 0 bridgehead atoms. The summed E-state index contributed by atoms with van der Waals surface area (Å²) >= 11 is 7.42. The molecule has 2 heterocycles. The van der Waals surface area contributed by atoms with E-state index in [9.17, 15) is 9.59 Å². The van der Waals surface area contributed by atoms with Gasteiger partial charge in [0, 0.05) is 37.7 Å². The highest BCUT2D eigenvalue weighted by molar-refractivity contribution is 8.00. The van der Waals surface area contributed by atoms with Crippen molar-refractivity contribution in [1.29, 1.82) is 0 Å². The van der Waals surface area contributed by atoms with Crippen molar-refractivity contribution in [3.05, 3.63) is 69.5 Å². The molecule has 0 aliphatic carbocycles. The SMILES string of the molecule is CCn1c(S[C@H](C(=O)N2CCNCC2)c2ccccc2)nc2ccc(Cl)cc2c1=O. The third kappa shape index (κ3) is 4.24. The number of benzene rings is 2. The normalized spacial score (nSPS) is 15.3. The molecule has 8 heteroatoms. The van der Waals surface area contributed by atoms with Gasteiger partial charge in [0.15, 0.2) is 5.16 Å². The first-order valence-electron chi connectivity index (χ1n) is 9.99. The minimum Gasteiger partial charge on any atom is -0.339 e. The second kappa shape index (κ2) is 9.20. The number of aromatic nitrogens is 2. The molecule has 4 rings (SSSR count). The smallest absolute Gasteiger partial charge is 0.262 e. The largest absolute Gasteiger partial charge is 0.339 e. The van der Waals surface area contributed by atoms with Gasteiger partial charge in [-0.25, -0.2) is 4.98 Å². The third-order valence-electron chi connectivity index (χ3n) is 5.18. The molecule has 1 amide bonds. The summed E-state index contributed by atoms with van der Waals surface area (Å²) in [7, 11) is 0. The highest BCUT2D eigenvalue weighted by Gasteiger charge is 2.29. The monoisotopic (exact) mass is 442 g/mol. The van der Waals surface area contributed by atoms with Crippen LogP contribution in [0.25, 0.3) is 10.9 Å². The molecular weight excluding hydrogens is 420 g/mol. The number of carbonyl (C=O) groups excluding carboxylic acids is 1. The van der Waals surface area contributed by atoms with Crippen LogP contribution >= 0.6 is 23.4 Å². The molecule has 156 valence electrons. The molecule has 1 N–H and O–H groups in total. The molecular formula is C22H23ClN4O2S. The van der Waals surface area contributed by atoms with Crippen LogP contribution in [0, 0.1) is 0 Å². The van der Waals surface area contributed by atoms with Gasteiger partial charge in [-0.2, -0.15) is 0 Å². The molecule has 2 aromatic carbocycles. The number of amides is 1. The van der Waals surface area contributed by atoms with E-state index in [2.05, 4.69) is 5.32 Å². The lowest BCUT2D eigenvalue weighted by Gasteiger charge is -2.31. The van der Waals surface area contributed by atoms with Gasteiger partial charge >= 0.3 is 0 Å². The van der Waals surface area contributed by atoms with E-state index in [0.717, 1.165) is 18.7 Å². The van der Waals surface area contributed by atoms with Gasteiger partial charge in [0.2, 0.25) is 5.91 Å². The summed E-state index contributed by atoms with van der Waals surface area (Å²) in [6.45, 7) is 5.28. The molecule has 0 saturated carbocycles. The topological polar surface area (TPSA) is 67.2 Å². The molecule has 6 nitrogen and oxygen atoms in total. The van der Waals surface area contributed by atoms with E-state index >= 15 is 0 Å². The van der Waals surface area contributed by atoms with Crippen LogP contribution in [-0.4, -0.2) is 46.5 Å². The predicted molar refractivity (Wildman–Crippen MR) is 121 cm³/mol. The Balaban J connectivity index is 1.77. The lowest BCUT2D eigenvalue weighted by atomic mass is 10.1. The van der Waals surface area contributed by atoms with Crippen molar-refractivity contribution < 1.29 is 4.79 Å². The van der Waals surface area contributed by atoms with Gasteiger partial charge < -0.3 is 10.2 Å². The molecule has 3 aromatic rings. The minimum atomic E-state index is -0.473. The molecule has 1 fully saturated rings. The summed E-state index contributed by atoms with van der Waals surface area (Å²) < 4.78 is 1.62. The number of rotatable bonds is 5. The van der Waals surface area contributed by atoms with Crippen molar-refractivity contribution in [2.75, 3.05) is 26.2 Å². The molecule has 1 saturated heterocycles. The van der Waals surface area contributed by atoms with Gasteiger partial charge in [0.25, 0.3) is 5.56 Å². The molecule has 1 aliphatic rings. The Hall–Kier alpha value is -2.35. The van der Waals surface area contributed by atoms with Gasteiger partial charge in [-0.15, -0.1) is 0 Å². The van der Waals surface area contributed by atoms with E-state index in [1.165, 1.54) is 11.8 Å². The number of nitrogens with zero attached hydrogens (tertiary/aromatic N) is 3. The predicted octanol–water partition coefficient (Wildman–Crippen LogP) is 3.34. The van der Waals surface area contributed by atoms with E-state index in [1.54, 1.807) is 22.8 Å². The number of piperazine rings is 1. The van der Waals surface area contributed by atoms with E-state index < -0.39 is 5.25 Å². The van der Waals surface area contributed by atoms with Crippen LogP contribution in [0.4, 0.5) is 0 Å². The Bertz CT molecular complexity index is 1110. The number of halogens is 1. The Labute approximate surface area is 184 Å². The van der Waals surface area contributed by atoms with Crippen LogP contribution in [0.1, 0.15) is 17.7 Å². The van der Waals surface area contributed by atoms with Gasteiger partial charge in [0.05, 0.1) is 10.9 Å². The Kier molecular flexibility index (Phi) is 6.41. The Morgan fingerprint density at radius 2 is 1.93 bits per heavy atom. The van der Waals surface area contributed by atoms with Crippen LogP contribution in [-0.2, 0) is 11.3 Å². The van der Waals surface area contributed by atoms with Crippen molar-refractivity contribution in [3.8, 4) is 0 Å². The number of nitrogens with one attached hydrogen (secondary N) is 1. The van der Waals surface area contributed by atoms with Crippen molar-refractivity contribution in [3.63, 3.8) is 0 Å². The summed E-state index contributed by atoms with van der Waals surface area (Å²) in [5.41, 5.74) is 1.34. The maximum atomic E-state index is 13.4. The molecule has 1 atom stereocenters. The van der Waals surface area contributed by atoms with Crippen LogP contribution in [0.2, 0.25) is 5.02 Å². The first-order valence-corrected chi connectivity index (χ1v) is 11.3. The summed E-state index contributed by atoms with van der Waals surface area (Å²) in [5, 5.41) is 4.33. The Morgan fingerprint density at radius 3 is 2.63 bits per heavy atom. The molecule has 1 aliphatic heterocycles. The number of fused-ring (bicyclic) bond motifs is 1. The van der Waals surface area contributed by atoms with Crippen molar-refractivity contribution in [2.45, 2.75) is 23.9 Å². The summed E-state index contributed by atoms with van der Waals surface area (Å²) in [6, 6.07) is 14.8. The number of hydrogen-bond donors (Lipinski definition) is 1. The summed E-state index contributed by atoms with van der Waals surface area (Å²) in [4.78, 5) is 33.1. The zero-order chi connectivity index (χ0) is 21.1. The molecule has 1 aromatic heterocycles. The fraction of sp³-hybridized carbons (Fsp3) is 0.318. The highest BCUT2D eigenvalue weighted by atomic mass is 35.5. The van der Waals surface area contributed by atoms with Gasteiger partial charge in [-0.05, 0) is 30.7 Å². The molecule has 0 unspecified atom stereocenters. The second-order valence-corrected chi connectivity index (χ2v) is 8.60. The zero-order valence-electron chi connectivity index (χ0n) is 16.7. The third-order valence-corrected chi connectivity index (χ3v) is 6.64. The van der Waals surface area contributed by atoms with Gasteiger partial charge in [-0.3, -0.25) is 14.2 Å². The average Bonchev–Trinajstić information content (AvgIpc) is 2.79. The Morgan fingerprint density at radius 1 is 1.20 bits per heavy atom. The lowest BCUT2D eigenvalue weighted by molar-refractivity contribution is -0.131. The minimum absolute atomic E-state index is 0.0424. The van der Waals surface area contributed by atoms with Gasteiger partial charge in [0.1, 0.15) is 5.25 Å².